The van der Waals surface area contributed by atoms with E-state index in [9.17, 15) is 0 Å². The molecule has 0 unspecified atom stereocenters. The molecule has 1 saturated heterocycles. The van der Waals surface area contributed by atoms with Crippen LogP contribution in [0.2, 0.25) is 0 Å². The van der Waals surface area contributed by atoms with Crippen LogP contribution in [-0.2, 0) is 0 Å². The zero-order valence-corrected chi connectivity index (χ0v) is 11.8. The molecule has 0 aromatic heterocycles. The fraction of sp³-hybridized carbons (Fsp3) is 0.600. The number of rotatable bonds is 6. The summed E-state index contributed by atoms with van der Waals surface area (Å²) in [6.45, 7) is 10.1. The summed E-state index contributed by atoms with van der Waals surface area (Å²) in [5.41, 5.74) is 6.84. The van der Waals surface area contributed by atoms with Crippen LogP contribution >= 0.6 is 0 Å². The smallest absolute Gasteiger partial charge is 0.119 e. The lowest BCUT2D eigenvalue weighted by Crippen LogP contribution is -2.48. The van der Waals surface area contributed by atoms with Crippen LogP contribution < -0.4 is 10.5 Å². The van der Waals surface area contributed by atoms with Gasteiger partial charge in [0.1, 0.15) is 12.4 Å². The van der Waals surface area contributed by atoms with Crippen LogP contribution in [0, 0.1) is 6.92 Å². The Kier molecular flexibility index (Phi) is 5.63. The average molecular weight is 263 g/mol. The topological polar surface area (TPSA) is 41.7 Å². The van der Waals surface area contributed by atoms with E-state index in [0.717, 1.165) is 58.2 Å². The van der Waals surface area contributed by atoms with E-state index in [1.54, 1.807) is 0 Å². The molecule has 1 aromatic rings. The Morgan fingerprint density at radius 1 is 1.00 bits per heavy atom. The van der Waals surface area contributed by atoms with Crippen molar-refractivity contribution in [3.63, 3.8) is 0 Å². The molecule has 106 valence electrons. The fourth-order valence-corrected chi connectivity index (χ4v) is 2.35. The van der Waals surface area contributed by atoms with Crippen LogP contribution in [0.4, 0.5) is 0 Å². The summed E-state index contributed by atoms with van der Waals surface area (Å²) in [7, 11) is 0. The Balaban J connectivity index is 1.63. The third-order valence-corrected chi connectivity index (χ3v) is 3.61. The number of aryl methyl sites for hydroxylation is 1. The second-order valence-electron chi connectivity index (χ2n) is 5.13. The Morgan fingerprint density at radius 2 is 1.58 bits per heavy atom. The van der Waals surface area contributed by atoms with Gasteiger partial charge in [-0.1, -0.05) is 17.7 Å². The first-order valence-corrected chi connectivity index (χ1v) is 7.12. The minimum absolute atomic E-state index is 0.760. The quantitative estimate of drug-likeness (QED) is 0.830. The number of nitrogens with zero attached hydrogens (tertiary/aromatic N) is 2. The number of benzene rings is 1. The monoisotopic (exact) mass is 263 g/mol. The molecular weight excluding hydrogens is 238 g/mol. The van der Waals surface area contributed by atoms with Crippen molar-refractivity contribution in [2.75, 3.05) is 52.4 Å². The first-order valence-electron chi connectivity index (χ1n) is 7.12. The van der Waals surface area contributed by atoms with Crippen LogP contribution in [0.25, 0.3) is 0 Å². The molecule has 1 fully saturated rings. The first-order chi connectivity index (χ1) is 9.28. The van der Waals surface area contributed by atoms with Gasteiger partial charge in [0, 0.05) is 45.8 Å². The summed E-state index contributed by atoms with van der Waals surface area (Å²) in [4.78, 5) is 4.89. The van der Waals surface area contributed by atoms with E-state index in [1.165, 1.54) is 5.56 Å². The second kappa shape index (κ2) is 7.48. The number of piperazine rings is 1. The van der Waals surface area contributed by atoms with Crippen molar-refractivity contribution in [1.82, 2.24) is 9.80 Å². The molecule has 4 nitrogen and oxygen atoms in total. The maximum atomic E-state index is 5.76. The van der Waals surface area contributed by atoms with Crippen molar-refractivity contribution in [3.8, 4) is 5.75 Å². The lowest BCUT2D eigenvalue weighted by atomic mass is 10.2. The summed E-state index contributed by atoms with van der Waals surface area (Å²) in [5, 5.41) is 0. The summed E-state index contributed by atoms with van der Waals surface area (Å²) < 4.78 is 5.76. The van der Waals surface area contributed by atoms with E-state index in [4.69, 9.17) is 10.5 Å². The normalized spacial score (nSPS) is 17.6. The zero-order chi connectivity index (χ0) is 13.5. The van der Waals surface area contributed by atoms with E-state index < -0.39 is 0 Å². The van der Waals surface area contributed by atoms with Crippen molar-refractivity contribution in [1.29, 1.82) is 0 Å². The highest BCUT2D eigenvalue weighted by Crippen LogP contribution is 2.11. The van der Waals surface area contributed by atoms with Crippen LogP contribution in [0.15, 0.2) is 24.3 Å². The molecule has 0 amide bonds. The molecule has 0 bridgehead atoms. The Morgan fingerprint density at radius 3 is 2.16 bits per heavy atom. The first kappa shape index (κ1) is 14.3. The SMILES string of the molecule is Cc1ccc(OCCN2CCN(CCN)CC2)cc1. The van der Waals surface area contributed by atoms with E-state index >= 15 is 0 Å². The predicted molar refractivity (Wildman–Crippen MR) is 78.6 cm³/mol. The largest absolute Gasteiger partial charge is 0.492 e. The van der Waals surface area contributed by atoms with Gasteiger partial charge in [0.2, 0.25) is 0 Å². The van der Waals surface area contributed by atoms with Gasteiger partial charge in [0.05, 0.1) is 0 Å². The Bertz CT molecular complexity index is 358. The molecule has 0 saturated carbocycles. The van der Waals surface area contributed by atoms with E-state index in [-0.39, 0.29) is 0 Å². The molecule has 0 aliphatic carbocycles. The van der Waals surface area contributed by atoms with E-state index in [1.807, 2.05) is 12.1 Å². The lowest BCUT2D eigenvalue weighted by molar-refractivity contribution is 0.119. The molecule has 1 aromatic carbocycles. The molecule has 0 radical (unpaired) electrons. The summed E-state index contributed by atoms with van der Waals surface area (Å²) >= 11 is 0. The van der Waals surface area contributed by atoms with Gasteiger partial charge in [-0.25, -0.2) is 0 Å². The summed E-state index contributed by atoms with van der Waals surface area (Å²) in [6, 6.07) is 8.24. The van der Waals surface area contributed by atoms with Gasteiger partial charge >= 0.3 is 0 Å². The number of hydrogen-bond donors (Lipinski definition) is 1. The van der Waals surface area contributed by atoms with Crippen LogP contribution in [0.1, 0.15) is 5.56 Å². The minimum Gasteiger partial charge on any atom is -0.492 e. The van der Waals surface area contributed by atoms with E-state index in [2.05, 4.69) is 28.9 Å². The van der Waals surface area contributed by atoms with Crippen LogP contribution in [0.5, 0.6) is 5.75 Å². The van der Waals surface area contributed by atoms with Crippen molar-refractivity contribution in [2.24, 2.45) is 5.73 Å². The maximum Gasteiger partial charge on any atom is 0.119 e. The molecule has 0 atom stereocenters. The standard InChI is InChI=1S/C15H25N3O/c1-14-2-4-15(5-3-14)19-13-12-18-10-8-17(7-6-16)9-11-18/h2-5H,6-13,16H2,1H3. The zero-order valence-electron chi connectivity index (χ0n) is 11.8. The molecular formula is C15H25N3O. The van der Waals surface area contributed by atoms with Crippen molar-refractivity contribution >= 4 is 0 Å². The highest BCUT2D eigenvalue weighted by molar-refractivity contribution is 5.26. The van der Waals surface area contributed by atoms with Gasteiger partial charge in [0.25, 0.3) is 0 Å². The number of nitrogens with two attached hydrogens (primary N) is 1. The second-order valence-corrected chi connectivity index (χ2v) is 5.13. The van der Waals surface area contributed by atoms with Gasteiger partial charge in [-0.15, -0.1) is 0 Å². The lowest BCUT2D eigenvalue weighted by Gasteiger charge is -2.34. The maximum absolute atomic E-state index is 5.76. The van der Waals surface area contributed by atoms with Gasteiger partial charge in [-0.05, 0) is 19.1 Å². The Hall–Kier alpha value is -1.10. The molecule has 2 rings (SSSR count). The van der Waals surface area contributed by atoms with Crippen LogP contribution in [0.3, 0.4) is 0 Å². The van der Waals surface area contributed by atoms with Crippen molar-refractivity contribution in [2.45, 2.75) is 6.92 Å². The summed E-state index contributed by atoms with van der Waals surface area (Å²) in [6.07, 6.45) is 0. The highest BCUT2D eigenvalue weighted by atomic mass is 16.5. The highest BCUT2D eigenvalue weighted by Gasteiger charge is 2.15. The molecule has 1 aliphatic rings. The van der Waals surface area contributed by atoms with E-state index in [0.29, 0.717) is 0 Å². The molecule has 1 aliphatic heterocycles. The van der Waals surface area contributed by atoms with Gasteiger partial charge < -0.3 is 10.5 Å². The van der Waals surface area contributed by atoms with Gasteiger partial charge in [-0.3, -0.25) is 9.80 Å². The summed E-state index contributed by atoms with van der Waals surface area (Å²) in [5.74, 6) is 0.965. The third kappa shape index (κ3) is 4.82. The van der Waals surface area contributed by atoms with Crippen LogP contribution in [-0.4, -0.2) is 62.2 Å². The van der Waals surface area contributed by atoms with Gasteiger partial charge in [0.15, 0.2) is 0 Å². The third-order valence-electron chi connectivity index (χ3n) is 3.61. The predicted octanol–water partition coefficient (Wildman–Crippen LogP) is 0.950. The molecule has 2 N–H and O–H groups in total. The number of ether oxygens (including phenoxy) is 1. The molecule has 1 heterocycles. The average Bonchev–Trinajstić information content (AvgIpc) is 2.43. The van der Waals surface area contributed by atoms with Crippen molar-refractivity contribution in [3.05, 3.63) is 29.8 Å². The minimum atomic E-state index is 0.760. The number of hydrogen-bond acceptors (Lipinski definition) is 4. The molecule has 19 heavy (non-hydrogen) atoms. The Labute approximate surface area is 116 Å². The molecule has 4 heteroatoms. The van der Waals surface area contributed by atoms with Gasteiger partial charge in [-0.2, -0.15) is 0 Å². The van der Waals surface area contributed by atoms with Crippen molar-refractivity contribution < 1.29 is 4.74 Å². The fourth-order valence-electron chi connectivity index (χ4n) is 2.35. The molecule has 0 spiro atoms.